The van der Waals surface area contributed by atoms with Crippen LogP contribution in [-0.2, 0) is 16.9 Å². The Morgan fingerprint density at radius 2 is 1.71 bits per heavy atom. The minimum atomic E-state index is -1.14. The lowest BCUT2D eigenvalue weighted by Gasteiger charge is -2.38. The molecule has 1 atom stereocenters. The summed E-state index contributed by atoms with van der Waals surface area (Å²) in [5.74, 6) is -0.0408. The number of aliphatic hydroxyl groups is 1. The maximum absolute atomic E-state index is 13.3. The van der Waals surface area contributed by atoms with E-state index in [1.54, 1.807) is 42.5 Å². The minimum absolute atomic E-state index is 0.227. The van der Waals surface area contributed by atoms with Crippen molar-refractivity contribution in [3.63, 3.8) is 0 Å². The van der Waals surface area contributed by atoms with Crippen molar-refractivity contribution < 1.29 is 24.2 Å². The fourth-order valence-corrected chi connectivity index (χ4v) is 5.91. The van der Waals surface area contributed by atoms with E-state index in [1.807, 2.05) is 24.3 Å². The maximum Gasteiger partial charge on any atom is 0.262 e. The molecule has 2 fully saturated rings. The third-order valence-electron chi connectivity index (χ3n) is 8.30. The van der Waals surface area contributed by atoms with E-state index in [-0.39, 0.29) is 11.1 Å². The van der Waals surface area contributed by atoms with Crippen molar-refractivity contribution in [2.45, 2.75) is 43.9 Å². The first-order valence-corrected chi connectivity index (χ1v) is 14.0. The SMILES string of the molecule is C=C1CCC(N2C(=O)c3ccc(C4(O)CCN(Cc5cccc(Oc6ccc(C#N)cc6)c5)CC4)cc3C2=O)C(=O)N1. The molecule has 3 amide bonds. The van der Waals surface area contributed by atoms with Gasteiger partial charge in [-0.1, -0.05) is 24.8 Å². The van der Waals surface area contributed by atoms with Gasteiger partial charge in [0.2, 0.25) is 5.91 Å². The number of nitrogens with zero attached hydrogens (tertiary/aromatic N) is 3. The van der Waals surface area contributed by atoms with Crippen LogP contribution >= 0.6 is 0 Å². The monoisotopic (exact) mass is 562 g/mol. The Morgan fingerprint density at radius 3 is 2.43 bits per heavy atom. The lowest BCUT2D eigenvalue weighted by atomic mass is 9.83. The van der Waals surface area contributed by atoms with Crippen LogP contribution in [0.3, 0.4) is 0 Å². The zero-order chi connectivity index (χ0) is 29.4. The van der Waals surface area contributed by atoms with Crippen LogP contribution in [-0.4, -0.2) is 51.8 Å². The summed E-state index contributed by atoms with van der Waals surface area (Å²) in [5, 5.41) is 23.2. The Balaban J connectivity index is 1.10. The molecule has 3 aliphatic rings. The van der Waals surface area contributed by atoms with E-state index >= 15 is 0 Å². The summed E-state index contributed by atoms with van der Waals surface area (Å²) in [6, 6.07) is 20.9. The summed E-state index contributed by atoms with van der Waals surface area (Å²) in [5.41, 5.74) is 2.17. The number of carbonyl (C=O) groups is 3. The highest BCUT2D eigenvalue weighted by atomic mass is 16.5. The molecule has 0 radical (unpaired) electrons. The van der Waals surface area contributed by atoms with Gasteiger partial charge in [-0.15, -0.1) is 0 Å². The van der Waals surface area contributed by atoms with Gasteiger partial charge in [0.25, 0.3) is 11.8 Å². The van der Waals surface area contributed by atoms with Crippen LogP contribution in [0.4, 0.5) is 0 Å². The van der Waals surface area contributed by atoms with Gasteiger partial charge in [0.05, 0.1) is 28.4 Å². The van der Waals surface area contributed by atoms with Gasteiger partial charge in [-0.3, -0.25) is 24.2 Å². The molecule has 9 heteroatoms. The van der Waals surface area contributed by atoms with Crippen molar-refractivity contribution in [2.75, 3.05) is 13.1 Å². The molecule has 6 rings (SSSR count). The molecule has 0 spiro atoms. The number of carbonyl (C=O) groups excluding carboxylic acids is 3. The highest BCUT2D eigenvalue weighted by Gasteiger charge is 2.45. The number of fused-ring (bicyclic) bond motifs is 1. The first kappa shape index (κ1) is 27.4. The van der Waals surface area contributed by atoms with Crippen molar-refractivity contribution in [1.82, 2.24) is 15.1 Å². The number of piperidine rings is 2. The second-order valence-electron chi connectivity index (χ2n) is 11.1. The van der Waals surface area contributed by atoms with Crippen LogP contribution in [0.2, 0.25) is 0 Å². The van der Waals surface area contributed by atoms with Gasteiger partial charge in [0.15, 0.2) is 0 Å². The number of likely N-dealkylation sites (tertiary alicyclic amines) is 1. The molecule has 0 bridgehead atoms. The fraction of sp³-hybridized carbons (Fsp3) is 0.273. The van der Waals surface area contributed by atoms with Gasteiger partial charge in [0.1, 0.15) is 17.5 Å². The molecule has 0 aromatic heterocycles. The molecule has 3 aliphatic heterocycles. The number of hydrogen-bond donors (Lipinski definition) is 2. The van der Waals surface area contributed by atoms with Gasteiger partial charge in [-0.2, -0.15) is 5.26 Å². The van der Waals surface area contributed by atoms with E-state index in [9.17, 15) is 19.5 Å². The van der Waals surface area contributed by atoms with Gasteiger partial charge in [-0.05, 0) is 85.3 Å². The van der Waals surface area contributed by atoms with Crippen LogP contribution < -0.4 is 10.1 Å². The average molecular weight is 563 g/mol. The number of amides is 3. The predicted molar refractivity (Wildman–Crippen MR) is 153 cm³/mol. The van der Waals surface area contributed by atoms with Crippen molar-refractivity contribution in [3.05, 3.63) is 107 Å². The molecular weight excluding hydrogens is 532 g/mol. The Bertz CT molecular complexity index is 1630. The topological polar surface area (TPSA) is 123 Å². The number of hydrogen-bond acceptors (Lipinski definition) is 7. The van der Waals surface area contributed by atoms with E-state index in [2.05, 4.69) is 22.9 Å². The van der Waals surface area contributed by atoms with Gasteiger partial charge in [-0.25, -0.2) is 0 Å². The van der Waals surface area contributed by atoms with E-state index < -0.39 is 29.4 Å². The Morgan fingerprint density at radius 1 is 0.976 bits per heavy atom. The minimum Gasteiger partial charge on any atom is -0.457 e. The number of allylic oxidation sites excluding steroid dienone is 1. The van der Waals surface area contributed by atoms with Crippen LogP contribution in [0.15, 0.2) is 79.0 Å². The van der Waals surface area contributed by atoms with Crippen molar-refractivity contribution in [3.8, 4) is 17.6 Å². The van der Waals surface area contributed by atoms with Gasteiger partial charge < -0.3 is 15.2 Å². The first-order valence-electron chi connectivity index (χ1n) is 14.0. The smallest absolute Gasteiger partial charge is 0.262 e. The maximum atomic E-state index is 13.3. The molecule has 0 aliphatic carbocycles. The number of ether oxygens (including phenoxy) is 1. The van der Waals surface area contributed by atoms with E-state index in [4.69, 9.17) is 10.00 Å². The molecular formula is C33H30N4O5. The molecule has 42 heavy (non-hydrogen) atoms. The second kappa shape index (κ2) is 10.9. The number of imide groups is 1. The molecule has 2 saturated heterocycles. The first-order chi connectivity index (χ1) is 20.2. The highest BCUT2D eigenvalue weighted by molar-refractivity contribution is 6.23. The van der Waals surface area contributed by atoms with Crippen molar-refractivity contribution in [1.29, 1.82) is 5.26 Å². The summed E-state index contributed by atoms with van der Waals surface area (Å²) in [6.45, 7) is 5.72. The molecule has 2 N–H and O–H groups in total. The van der Waals surface area contributed by atoms with E-state index in [1.165, 1.54) is 0 Å². The number of benzene rings is 3. The lowest BCUT2D eigenvalue weighted by Crippen LogP contribution is -2.51. The number of nitriles is 1. The highest BCUT2D eigenvalue weighted by Crippen LogP contribution is 2.37. The van der Waals surface area contributed by atoms with E-state index in [0.717, 1.165) is 10.5 Å². The van der Waals surface area contributed by atoms with Crippen molar-refractivity contribution >= 4 is 17.7 Å². The summed E-state index contributed by atoms with van der Waals surface area (Å²) < 4.78 is 5.96. The summed E-state index contributed by atoms with van der Waals surface area (Å²) in [7, 11) is 0. The summed E-state index contributed by atoms with van der Waals surface area (Å²) in [4.78, 5) is 42.2. The molecule has 212 valence electrons. The van der Waals surface area contributed by atoms with Gasteiger partial charge in [0, 0.05) is 25.3 Å². The molecule has 9 nitrogen and oxygen atoms in total. The fourth-order valence-electron chi connectivity index (χ4n) is 5.91. The predicted octanol–water partition coefficient (Wildman–Crippen LogP) is 4.22. The lowest BCUT2D eigenvalue weighted by molar-refractivity contribution is -0.125. The Hall–Kier alpha value is -4.78. The third kappa shape index (κ3) is 5.18. The summed E-state index contributed by atoms with van der Waals surface area (Å²) in [6.07, 6.45) is 1.77. The molecule has 1 unspecified atom stereocenters. The molecule has 3 heterocycles. The van der Waals surface area contributed by atoms with Gasteiger partial charge >= 0.3 is 0 Å². The zero-order valence-corrected chi connectivity index (χ0v) is 23.0. The van der Waals surface area contributed by atoms with Crippen LogP contribution in [0.5, 0.6) is 11.5 Å². The molecule has 3 aromatic rings. The number of rotatable bonds is 6. The normalized spacial score (nSPS) is 20.2. The third-order valence-corrected chi connectivity index (χ3v) is 8.30. The van der Waals surface area contributed by atoms with Crippen LogP contribution in [0, 0.1) is 11.3 Å². The second-order valence-corrected chi connectivity index (χ2v) is 11.1. The quantitative estimate of drug-likeness (QED) is 0.431. The average Bonchev–Trinajstić information content (AvgIpc) is 3.24. The zero-order valence-electron chi connectivity index (χ0n) is 23.0. The van der Waals surface area contributed by atoms with Crippen LogP contribution in [0.25, 0.3) is 0 Å². The molecule has 0 saturated carbocycles. The summed E-state index contributed by atoms with van der Waals surface area (Å²) >= 11 is 0. The Kier molecular flexibility index (Phi) is 7.11. The Labute approximate surface area is 243 Å². The number of nitrogens with one attached hydrogen (secondary N) is 1. The largest absolute Gasteiger partial charge is 0.457 e. The van der Waals surface area contributed by atoms with Crippen LogP contribution in [0.1, 0.15) is 63.1 Å². The standard InChI is InChI=1S/C33H30N4O5/c1-21-5-12-29(30(38)35-21)37-31(39)27-11-8-24(18-28(27)32(37)40)33(41)13-15-36(16-14-33)20-23-3-2-4-26(17-23)42-25-9-6-22(19-34)7-10-25/h2-4,6-11,17-18,29,41H,1,5,12-16,20H2,(H,35,38). The van der Waals surface area contributed by atoms with Crippen molar-refractivity contribution in [2.24, 2.45) is 0 Å². The van der Waals surface area contributed by atoms with E-state index in [0.29, 0.717) is 73.6 Å². The molecule has 3 aromatic carbocycles.